The molecule has 0 aromatic carbocycles. The van der Waals surface area contributed by atoms with Crippen LogP contribution < -0.4 is 5.32 Å². The first-order valence-corrected chi connectivity index (χ1v) is 4.31. The van der Waals surface area contributed by atoms with Crippen molar-refractivity contribution in [2.75, 3.05) is 6.54 Å². The molecule has 0 aromatic heterocycles. The van der Waals surface area contributed by atoms with Gasteiger partial charge in [0.2, 0.25) is 5.54 Å². The van der Waals surface area contributed by atoms with E-state index in [4.69, 9.17) is 5.11 Å². The molecule has 14 heavy (non-hydrogen) atoms. The number of nitrogens with one attached hydrogen (secondary N) is 1. The van der Waals surface area contributed by atoms with Gasteiger partial charge in [0, 0.05) is 0 Å². The number of unbranched alkanes of at least 4 members (excludes halogenated alkanes) is 1. The Bertz CT molecular complexity index is 205. The Hall–Kier alpha value is -0.780. The summed E-state index contributed by atoms with van der Waals surface area (Å²) in [6, 6.07) is 0. The van der Waals surface area contributed by atoms with E-state index in [1.165, 1.54) is 0 Å². The van der Waals surface area contributed by atoms with Crippen LogP contribution in [0.4, 0.5) is 13.2 Å². The molecule has 0 heterocycles. The zero-order valence-corrected chi connectivity index (χ0v) is 8.11. The topological polar surface area (TPSA) is 49.3 Å². The predicted molar refractivity (Wildman–Crippen MR) is 45.0 cm³/mol. The van der Waals surface area contributed by atoms with Gasteiger partial charge in [-0.2, -0.15) is 13.2 Å². The van der Waals surface area contributed by atoms with Crippen LogP contribution in [0.1, 0.15) is 26.7 Å². The maximum Gasteiger partial charge on any atom is 0.417 e. The van der Waals surface area contributed by atoms with E-state index in [2.05, 4.69) is 0 Å². The van der Waals surface area contributed by atoms with Crippen molar-refractivity contribution < 1.29 is 23.1 Å². The molecular weight excluding hydrogens is 199 g/mol. The number of aliphatic carboxylic acids is 1. The lowest BCUT2D eigenvalue weighted by molar-refractivity contribution is -0.205. The van der Waals surface area contributed by atoms with Gasteiger partial charge in [-0.3, -0.25) is 5.32 Å². The lowest BCUT2D eigenvalue weighted by atomic mass is 10.0. The second-order valence-corrected chi connectivity index (χ2v) is 3.21. The number of rotatable bonds is 5. The Labute approximate surface area is 80.3 Å². The van der Waals surface area contributed by atoms with Crippen molar-refractivity contribution in [1.29, 1.82) is 0 Å². The number of carbonyl (C=O) groups is 1. The van der Waals surface area contributed by atoms with E-state index in [1.807, 2.05) is 12.2 Å². The molecule has 0 amide bonds. The quantitative estimate of drug-likeness (QED) is 0.684. The van der Waals surface area contributed by atoms with E-state index in [-0.39, 0.29) is 6.54 Å². The monoisotopic (exact) mass is 213 g/mol. The zero-order valence-electron chi connectivity index (χ0n) is 8.11. The van der Waals surface area contributed by atoms with Gasteiger partial charge in [0.15, 0.2) is 0 Å². The Morgan fingerprint density at radius 3 is 2.21 bits per heavy atom. The second-order valence-electron chi connectivity index (χ2n) is 3.21. The SMILES string of the molecule is CCCCNC(C)(C(=O)O)C(F)(F)F. The van der Waals surface area contributed by atoms with Crippen LogP contribution in [0.5, 0.6) is 0 Å². The maximum atomic E-state index is 12.3. The van der Waals surface area contributed by atoms with Gasteiger partial charge < -0.3 is 5.11 Å². The summed E-state index contributed by atoms with van der Waals surface area (Å²) in [5.74, 6) is -1.90. The van der Waals surface area contributed by atoms with Gasteiger partial charge in [0.25, 0.3) is 0 Å². The standard InChI is InChI=1S/C8H14F3NO2/c1-3-4-5-12-7(2,6(13)14)8(9,10)11/h12H,3-5H2,1-2H3,(H,13,14). The third kappa shape index (κ3) is 2.87. The molecule has 0 aliphatic heterocycles. The van der Waals surface area contributed by atoms with E-state index in [0.29, 0.717) is 19.8 Å². The summed E-state index contributed by atoms with van der Waals surface area (Å²) in [6.45, 7) is 2.48. The normalized spacial score (nSPS) is 16.4. The van der Waals surface area contributed by atoms with Crippen LogP contribution in [-0.2, 0) is 4.79 Å². The van der Waals surface area contributed by atoms with Gasteiger partial charge in [0.1, 0.15) is 0 Å². The van der Waals surface area contributed by atoms with Crippen molar-refractivity contribution in [3.63, 3.8) is 0 Å². The highest BCUT2D eigenvalue weighted by Gasteiger charge is 2.56. The summed E-state index contributed by atoms with van der Waals surface area (Å²) in [4.78, 5) is 10.5. The Morgan fingerprint density at radius 2 is 1.93 bits per heavy atom. The first kappa shape index (κ1) is 13.2. The summed E-state index contributed by atoms with van der Waals surface area (Å²) < 4.78 is 37.0. The van der Waals surface area contributed by atoms with Gasteiger partial charge in [0.05, 0.1) is 0 Å². The number of carboxylic acid groups (broad SMARTS) is 1. The smallest absolute Gasteiger partial charge is 0.417 e. The average Bonchev–Trinajstić information content (AvgIpc) is 2.02. The molecule has 0 saturated heterocycles. The minimum atomic E-state index is -4.79. The fraction of sp³-hybridized carbons (Fsp3) is 0.875. The highest BCUT2D eigenvalue weighted by atomic mass is 19.4. The van der Waals surface area contributed by atoms with Gasteiger partial charge in [-0.05, 0) is 19.9 Å². The Morgan fingerprint density at radius 1 is 1.43 bits per heavy atom. The number of hydrogen-bond acceptors (Lipinski definition) is 2. The lowest BCUT2D eigenvalue weighted by Crippen LogP contribution is -2.60. The maximum absolute atomic E-state index is 12.3. The summed E-state index contributed by atoms with van der Waals surface area (Å²) in [5.41, 5.74) is -2.85. The van der Waals surface area contributed by atoms with E-state index >= 15 is 0 Å². The Balaban J connectivity index is 4.50. The van der Waals surface area contributed by atoms with Crippen LogP contribution in [0.2, 0.25) is 0 Å². The number of carboxylic acids is 1. The second kappa shape index (κ2) is 4.63. The molecule has 0 rings (SSSR count). The van der Waals surface area contributed by atoms with Crippen molar-refractivity contribution in [3.05, 3.63) is 0 Å². The molecule has 0 aliphatic rings. The molecule has 1 unspecified atom stereocenters. The van der Waals surface area contributed by atoms with Crippen molar-refractivity contribution in [2.45, 2.75) is 38.4 Å². The average molecular weight is 213 g/mol. The first-order valence-electron chi connectivity index (χ1n) is 4.31. The van der Waals surface area contributed by atoms with Crippen molar-refractivity contribution >= 4 is 5.97 Å². The van der Waals surface area contributed by atoms with Crippen LogP contribution in [0.25, 0.3) is 0 Å². The van der Waals surface area contributed by atoms with Crippen molar-refractivity contribution in [3.8, 4) is 0 Å². The van der Waals surface area contributed by atoms with E-state index in [9.17, 15) is 18.0 Å². The van der Waals surface area contributed by atoms with Crippen LogP contribution in [-0.4, -0.2) is 29.3 Å². The van der Waals surface area contributed by atoms with E-state index in [0.717, 1.165) is 0 Å². The molecule has 0 bridgehead atoms. The number of hydrogen-bond donors (Lipinski definition) is 2. The number of alkyl halides is 3. The fourth-order valence-corrected chi connectivity index (χ4v) is 0.812. The van der Waals surface area contributed by atoms with Crippen LogP contribution in [0, 0.1) is 0 Å². The lowest BCUT2D eigenvalue weighted by Gasteiger charge is -2.28. The van der Waals surface area contributed by atoms with E-state index < -0.39 is 17.7 Å². The van der Waals surface area contributed by atoms with E-state index in [1.54, 1.807) is 0 Å². The van der Waals surface area contributed by atoms with Gasteiger partial charge in [-0.15, -0.1) is 0 Å². The molecule has 3 nitrogen and oxygen atoms in total. The summed E-state index contributed by atoms with van der Waals surface area (Å²) in [5, 5.41) is 10.5. The fourth-order valence-electron chi connectivity index (χ4n) is 0.812. The molecule has 6 heteroatoms. The van der Waals surface area contributed by atoms with Crippen LogP contribution in [0.15, 0.2) is 0 Å². The van der Waals surface area contributed by atoms with Gasteiger partial charge in [-0.1, -0.05) is 13.3 Å². The van der Waals surface area contributed by atoms with Gasteiger partial charge in [-0.25, -0.2) is 4.79 Å². The van der Waals surface area contributed by atoms with Crippen molar-refractivity contribution in [1.82, 2.24) is 5.32 Å². The number of halogens is 3. The minimum absolute atomic E-state index is 0.0405. The van der Waals surface area contributed by atoms with Crippen molar-refractivity contribution in [2.24, 2.45) is 0 Å². The molecule has 0 aliphatic carbocycles. The first-order chi connectivity index (χ1) is 6.25. The minimum Gasteiger partial charge on any atom is -0.480 e. The molecule has 0 aromatic rings. The molecule has 0 saturated carbocycles. The highest BCUT2D eigenvalue weighted by Crippen LogP contribution is 2.30. The summed E-state index contributed by atoms with van der Waals surface area (Å²) >= 11 is 0. The predicted octanol–water partition coefficient (Wildman–Crippen LogP) is 1.78. The van der Waals surface area contributed by atoms with Gasteiger partial charge >= 0.3 is 12.1 Å². The third-order valence-corrected chi connectivity index (χ3v) is 2.00. The van der Waals surface area contributed by atoms with Crippen LogP contribution >= 0.6 is 0 Å². The molecular formula is C8H14F3NO2. The molecule has 0 radical (unpaired) electrons. The van der Waals surface area contributed by atoms with Crippen LogP contribution in [0.3, 0.4) is 0 Å². The largest absolute Gasteiger partial charge is 0.480 e. The Kier molecular flexibility index (Phi) is 4.38. The molecule has 0 spiro atoms. The summed E-state index contributed by atoms with van der Waals surface area (Å²) in [6.07, 6.45) is -3.56. The molecule has 84 valence electrons. The zero-order chi connectivity index (χ0) is 11.4. The molecule has 0 fully saturated rings. The third-order valence-electron chi connectivity index (χ3n) is 2.00. The summed E-state index contributed by atoms with van der Waals surface area (Å²) in [7, 11) is 0. The molecule has 1 atom stereocenters. The molecule has 2 N–H and O–H groups in total. The highest BCUT2D eigenvalue weighted by molar-refractivity contribution is 5.79.